The molecule has 24 heavy (non-hydrogen) atoms. The molecule has 0 aliphatic heterocycles. The van der Waals surface area contributed by atoms with Gasteiger partial charge in [-0.2, -0.15) is 26.3 Å². The lowest BCUT2D eigenvalue weighted by atomic mass is 10.1. The van der Waals surface area contributed by atoms with Gasteiger partial charge in [-0.25, -0.2) is 9.97 Å². The number of rotatable bonds is 2. The van der Waals surface area contributed by atoms with Crippen molar-refractivity contribution in [2.24, 2.45) is 0 Å². The summed E-state index contributed by atoms with van der Waals surface area (Å²) in [4.78, 5) is 11.6. The topological polar surface area (TPSA) is 57.4 Å². The van der Waals surface area contributed by atoms with Gasteiger partial charge in [-0.3, -0.25) is 0 Å². The smallest absolute Gasteiger partial charge is 0.334 e. The Kier molecular flexibility index (Phi) is 3.61. The fourth-order valence-corrected chi connectivity index (χ4v) is 2.01. The highest BCUT2D eigenvalue weighted by atomic mass is 19.4. The zero-order chi connectivity index (χ0) is 17.5. The highest BCUT2D eigenvalue weighted by molar-refractivity contribution is 5.63. The van der Waals surface area contributed by atoms with Crippen LogP contribution in [-0.2, 0) is 12.4 Å². The van der Waals surface area contributed by atoms with Gasteiger partial charge in [0.05, 0.1) is 12.4 Å². The molecule has 0 radical (unpaired) electrons. The van der Waals surface area contributed by atoms with Crippen LogP contribution < -0.4 is 0 Å². The number of H-pyrrole nitrogens is 2. The highest BCUT2D eigenvalue weighted by Gasteiger charge is 2.34. The Morgan fingerprint density at radius 2 is 0.958 bits per heavy atom. The Morgan fingerprint density at radius 3 is 1.21 bits per heavy atom. The Bertz CT molecular complexity index is 770. The van der Waals surface area contributed by atoms with E-state index in [9.17, 15) is 26.3 Å². The van der Waals surface area contributed by atoms with E-state index in [1.165, 1.54) is 24.3 Å². The molecule has 1 aromatic carbocycles. The minimum atomic E-state index is -4.53. The summed E-state index contributed by atoms with van der Waals surface area (Å²) in [5.74, 6) is 0.00796. The van der Waals surface area contributed by atoms with Crippen molar-refractivity contribution in [3.05, 3.63) is 48.0 Å². The van der Waals surface area contributed by atoms with Crippen molar-refractivity contribution in [3.8, 4) is 22.8 Å². The third kappa shape index (κ3) is 3.12. The Labute approximate surface area is 130 Å². The fourth-order valence-electron chi connectivity index (χ4n) is 2.01. The number of nitrogens with one attached hydrogen (secondary N) is 2. The largest absolute Gasteiger partial charge is 0.432 e. The summed E-state index contributed by atoms with van der Waals surface area (Å²) >= 11 is 0. The standard InChI is InChI=1S/C14H8F6N4/c15-13(16,17)9-5-21-11(23-9)7-1-2-8(4-3-7)12-22-6-10(24-12)14(18,19)20/h1-6H,(H,21,23)(H,22,24). The molecule has 0 bridgehead atoms. The Balaban J connectivity index is 1.86. The van der Waals surface area contributed by atoms with E-state index < -0.39 is 23.7 Å². The first-order chi connectivity index (χ1) is 11.1. The number of nitrogens with zero attached hydrogens (tertiary/aromatic N) is 2. The van der Waals surface area contributed by atoms with Crippen molar-refractivity contribution in [1.29, 1.82) is 0 Å². The number of alkyl halides is 6. The first-order valence-electron chi connectivity index (χ1n) is 6.50. The molecule has 2 heterocycles. The van der Waals surface area contributed by atoms with Gasteiger partial charge in [0.15, 0.2) is 0 Å². The molecule has 4 nitrogen and oxygen atoms in total. The van der Waals surface area contributed by atoms with Crippen LogP contribution in [0.3, 0.4) is 0 Å². The van der Waals surface area contributed by atoms with E-state index in [2.05, 4.69) is 19.9 Å². The first-order valence-corrected chi connectivity index (χ1v) is 6.50. The molecule has 2 N–H and O–H groups in total. The highest BCUT2D eigenvalue weighted by Crippen LogP contribution is 2.31. The molecule has 0 atom stereocenters. The monoisotopic (exact) mass is 346 g/mol. The van der Waals surface area contributed by atoms with Crippen LogP contribution in [0.4, 0.5) is 26.3 Å². The molecule has 0 unspecified atom stereocenters. The minimum Gasteiger partial charge on any atom is -0.334 e. The minimum absolute atomic E-state index is 0.00398. The van der Waals surface area contributed by atoms with Crippen molar-refractivity contribution >= 4 is 0 Å². The van der Waals surface area contributed by atoms with E-state index >= 15 is 0 Å². The van der Waals surface area contributed by atoms with E-state index in [1.54, 1.807) is 0 Å². The van der Waals surface area contributed by atoms with Crippen LogP contribution in [0.1, 0.15) is 11.4 Å². The van der Waals surface area contributed by atoms with E-state index in [-0.39, 0.29) is 11.6 Å². The second-order valence-electron chi connectivity index (χ2n) is 4.86. The van der Waals surface area contributed by atoms with Crippen LogP contribution in [-0.4, -0.2) is 19.9 Å². The van der Waals surface area contributed by atoms with Crippen LogP contribution in [0.15, 0.2) is 36.7 Å². The fraction of sp³-hybridized carbons (Fsp3) is 0.143. The van der Waals surface area contributed by atoms with E-state index in [0.29, 0.717) is 23.5 Å². The number of hydrogen-bond acceptors (Lipinski definition) is 2. The normalized spacial score (nSPS) is 12.6. The lowest BCUT2D eigenvalue weighted by Gasteiger charge is -2.03. The molecule has 0 spiro atoms. The predicted molar refractivity (Wildman–Crippen MR) is 71.6 cm³/mol. The van der Waals surface area contributed by atoms with Gasteiger partial charge >= 0.3 is 12.4 Å². The van der Waals surface area contributed by atoms with Crippen molar-refractivity contribution < 1.29 is 26.3 Å². The number of halogens is 6. The van der Waals surface area contributed by atoms with Gasteiger partial charge in [-0.15, -0.1) is 0 Å². The number of imidazole rings is 2. The summed E-state index contributed by atoms with van der Waals surface area (Å²) in [5, 5.41) is 0. The third-order valence-electron chi connectivity index (χ3n) is 3.19. The van der Waals surface area contributed by atoms with Crippen molar-refractivity contribution in [1.82, 2.24) is 19.9 Å². The van der Waals surface area contributed by atoms with Gasteiger partial charge in [0.2, 0.25) is 0 Å². The Hall–Kier alpha value is -2.78. The molecule has 0 saturated carbocycles. The van der Waals surface area contributed by atoms with Crippen LogP contribution in [0.2, 0.25) is 0 Å². The molecule has 0 saturated heterocycles. The van der Waals surface area contributed by atoms with Crippen LogP contribution in [0.5, 0.6) is 0 Å². The number of hydrogen-bond donors (Lipinski definition) is 2. The molecule has 3 aromatic rings. The van der Waals surface area contributed by atoms with Crippen LogP contribution in [0.25, 0.3) is 22.8 Å². The van der Waals surface area contributed by atoms with E-state index in [1.807, 2.05) is 0 Å². The molecule has 2 aromatic heterocycles. The second kappa shape index (κ2) is 5.39. The Morgan fingerprint density at radius 1 is 0.625 bits per heavy atom. The van der Waals surface area contributed by atoms with Gasteiger partial charge in [0.1, 0.15) is 23.0 Å². The average Bonchev–Trinajstić information content (AvgIpc) is 3.16. The van der Waals surface area contributed by atoms with E-state index in [0.717, 1.165) is 0 Å². The molecule has 0 amide bonds. The maximum absolute atomic E-state index is 12.5. The lowest BCUT2D eigenvalue weighted by molar-refractivity contribution is -0.141. The number of aromatic nitrogens is 4. The quantitative estimate of drug-likeness (QED) is 0.671. The summed E-state index contributed by atoms with van der Waals surface area (Å²) in [7, 11) is 0. The van der Waals surface area contributed by atoms with Gasteiger partial charge in [-0.05, 0) is 0 Å². The van der Waals surface area contributed by atoms with Crippen molar-refractivity contribution in [3.63, 3.8) is 0 Å². The molecule has 10 heteroatoms. The maximum atomic E-state index is 12.5. The summed E-state index contributed by atoms with van der Waals surface area (Å²) in [6, 6.07) is 5.74. The molecule has 0 aliphatic rings. The number of aromatic amines is 2. The zero-order valence-electron chi connectivity index (χ0n) is 11.6. The summed E-state index contributed by atoms with van der Waals surface area (Å²) in [6.07, 6.45) is -7.72. The zero-order valence-corrected chi connectivity index (χ0v) is 11.6. The van der Waals surface area contributed by atoms with Crippen molar-refractivity contribution in [2.45, 2.75) is 12.4 Å². The van der Waals surface area contributed by atoms with Crippen LogP contribution >= 0.6 is 0 Å². The van der Waals surface area contributed by atoms with Gasteiger partial charge in [0, 0.05) is 11.1 Å². The van der Waals surface area contributed by atoms with Crippen LogP contribution in [0, 0.1) is 0 Å². The summed E-state index contributed by atoms with van der Waals surface area (Å²) in [6.45, 7) is 0. The molecular weight excluding hydrogens is 338 g/mol. The molecular formula is C14H8F6N4. The van der Waals surface area contributed by atoms with Gasteiger partial charge < -0.3 is 9.97 Å². The predicted octanol–water partition coefficient (Wildman–Crippen LogP) is 4.50. The molecule has 0 aliphatic carbocycles. The lowest BCUT2D eigenvalue weighted by Crippen LogP contribution is -2.04. The SMILES string of the molecule is FC(F)(F)c1cnc(-c2ccc(-c3ncc(C(F)(F)F)[nH]3)cc2)[nH]1. The summed E-state index contributed by atoms with van der Waals surface area (Å²) in [5.41, 5.74) is -1.25. The molecule has 0 fully saturated rings. The van der Waals surface area contributed by atoms with Gasteiger partial charge in [0.25, 0.3) is 0 Å². The summed E-state index contributed by atoms with van der Waals surface area (Å²) < 4.78 is 75.2. The molecule has 3 rings (SSSR count). The average molecular weight is 346 g/mol. The van der Waals surface area contributed by atoms with Gasteiger partial charge in [-0.1, -0.05) is 24.3 Å². The number of benzene rings is 1. The first kappa shape index (κ1) is 16.1. The van der Waals surface area contributed by atoms with Crippen molar-refractivity contribution in [2.75, 3.05) is 0 Å². The van der Waals surface area contributed by atoms with E-state index in [4.69, 9.17) is 0 Å². The molecule has 126 valence electrons. The second-order valence-corrected chi connectivity index (χ2v) is 4.86. The maximum Gasteiger partial charge on any atom is 0.432 e. The third-order valence-corrected chi connectivity index (χ3v) is 3.19.